The molecular weight excluding hydrogens is 278 g/mol. The van der Waals surface area contributed by atoms with Crippen molar-refractivity contribution in [2.45, 2.75) is 23.0 Å². The second-order valence-electron chi connectivity index (χ2n) is 1.87. The Balaban J connectivity index is 4.12. The molecule has 62 valence electrons. The molecule has 0 saturated heterocycles. The maximum Gasteiger partial charge on any atom is 0.271 e. The number of alkyl halides is 2. The second kappa shape index (κ2) is 5.63. The van der Waals surface area contributed by atoms with Gasteiger partial charge in [-0.1, -0.05) is 38.8 Å². The molecule has 0 aromatic heterocycles. The minimum Gasteiger partial charge on any atom is -0.270 e. The van der Waals surface area contributed by atoms with E-state index in [-0.39, 0.29) is 4.83 Å². The van der Waals surface area contributed by atoms with Gasteiger partial charge in [0.05, 0.1) is 0 Å². The molecule has 0 fully saturated rings. The highest BCUT2D eigenvalue weighted by Crippen LogP contribution is 2.18. The Morgan fingerprint density at radius 2 is 2.18 bits per heavy atom. The Labute approximate surface area is 81.5 Å². The van der Waals surface area contributed by atoms with E-state index in [9.17, 15) is 9.59 Å². The van der Waals surface area contributed by atoms with Crippen LogP contribution in [0.1, 0.15) is 13.3 Å². The first-order valence-corrected chi connectivity index (χ1v) is 4.86. The van der Waals surface area contributed by atoms with Gasteiger partial charge in [0.2, 0.25) is 6.08 Å². The summed E-state index contributed by atoms with van der Waals surface area (Å²) in [5, 5.41) is 0. The van der Waals surface area contributed by atoms with Crippen LogP contribution in [-0.4, -0.2) is 21.6 Å². The molecule has 2 unspecified atom stereocenters. The summed E-state index contributed by atoms with van der Waals surface area (Å²) >= 11 is 6.36. The van der Waals surface area contributed by atoms with E-state index in [0.29, 0.717) is 0 Å². The number of halogens is 2. The fraction of sp³-hybridized carbons (Fsp3) is 0.667. The van der Waals surface area contributed by atoms with Crippen LogP contribution in [0.5, 0.6) is 0 Å². The molecule has 0 rings (SSSR count). The number of aliphatic imine (C=N–C) groups is 1. The predicted molar refractivity (Wildman–Crippen MR) is 48.8 cm³/mol. The first kappa shape index (κ1) is 11.0. The zero-order valence-electron chi connectivity index (χ0n) is 5.88. The van der Waals surface area contributed by atoms with Crippen LogP contribution in [0.2, 0.25) is 0 Å². The number of rotatable bonds is 3. The largest absolute Gasteiger partial charge is 0.271 e. The lowest BCUT2D eigenvalue weighted by atomic mass is 10.2. The van der Waals surface area contributed by atoms with E-state index < -0.39 is 10.7 Å². The van der Waals surface area contributed by atoms with Gasteiger partial charge in [-0.15, -0.1) is 4.99 Å². The number of amides is 1. The number of nitrogens with zero attached hydrogens (tertiary/aromatic N) is 1. The van der Waals surface area contributed by atoms with Gasteiger partial charge in [-0.25, -0.2) is 4.79 Å². The van der Waals surface area contributed by atoms with Crippen LogP contribution >= 0.6 is 31.9 Å². The average Bonchev–Trinajstić information content (AvgIpc) is 2.02. The highest BCUT2D eigenvalue weighted by molar-refractivity contribution is 9.12. The van der Waals surface area contributed by atoms with Crippen molar-refractivity contribution in [1.82, 2.24) is 0 Å². The number of hydrogen-bond donors (Lipinski definition) is 0. The third kappa shape index (κ3) is 3.79. The summed E-state index contributed by atoms with van der Waals surface area (Å²) in [6, 6.07) is 0. The van der Waals surface area contributed by atoms with Crippen LogP contribution in [0.15, 0.2) is 4.99 Å². The Morgan fingerprint density at radius 3 is 2.55 bits per heavy atom. The second-order valence-corrected chi connectivity index (χ2v) is 4.03. The summed E-state index contributed by atoms with van der Waals surface area (Å²) in [4.78, 5) is 23.1. The standard InChI is InChI=1S/C6H7Br2NO2/c1-2-4(7)5(8)6(11)9-3-10/h4-5H,2H2,1H3. The molecule has 1 amide bonds. The van der Waals surface area contributed by atoms with Gasteiger partial charge in [0, 0.05) is 4.83 Å². The fourth-order valence-electron chi connectivity index (χ4n) is 0.468. The summed E-state index contributed by atoms with van der Waals surface area (Å²) in [5.41, 5.74) is 0. The van der Waals surface area contributed by atoms with E-state index >= 15 is 0 Å². The van der Waals surface area contributed by atoms with Crippen LogP contribution in [0.3, 0.4) is 0 Å². The lowest BCUT2D eigenvalue weighted by Gasteiger charge is -2.08. The molecule has 0 bridgehead atoms. The number of hydrogen-bond acceptors (Lipinski definition) is 2. The van der Waals surface area contributed by atoms with Gasteiger partial charge in [0.25, 0.3) is 5.91 Å². The maximum absolute atomic E-state index is 10.8. The van der Waals surface area contributed by atoms with E-state index in [2.05, 4.69) is 36.9 Å². The lowest BCUT2D eigenvalue weighted by molar-refractivity contribution is -0.117. The third-order valence-corrected chi connectivity index (χ3v) is 4.01. The van der Waals surface area contributed by atoms with Gasteiger partial charge in [0.1, 0.15) is 4.83 Å². The third-order valence-electron chi connectivity index (χ3n) is 1.10. The van der Waals surface area contributed by atoms with Crippen molar-refractivity contribution in [3.8, 4) is 0 Å². The molecule has 2 atom stereocenters. The zero-order chi connectivity index (χ0) is 8.85. The molecule has 11 heavy (non-hydrogen) atoms. The number of carbonyl (C=O) groups is 1. The van der Waals surface area contributed by atoms with E-state index in [1.54, 1.807) is 0 Å². The number of isocyanates is 1. The van der Waals surface area contributed by atoms with E-state index in [4.69, 9.17) is 0 Å². The first-order valence-electron chi connectivity index (χ1n) is 3.03. The van der Waals surface area contributed by atoms with Gasteiger partial charge >= 0.3 is 0 Å². The molecule has 0 aromatic carbocycles. The zero-order valence-corrected chi connectivity index (χ0v) is 9.05. The van der Waals surface area contributed by atoms with Gasteiger partial charge in [-0.2, -0.15) is 0 Å². The summed E-state index contributed by atoms with van der Waals surface area (Å²) in [6.45, 7) is 1.92. The summed E-state index contributed by atoms with van der Waals surface area (Å²) in [7, 11) is 0. The first-order chi connectivity index (χ1) is 5.13. The van der Waals surface area contributed by atoms with Crippen LogP contribution in [0, 0.1) is 0 Å². The van der Waals surface area contributed by atoms with E-state index in [0.717, 1.165) is 6.42 Å². The molecule has 5 heteroatoms. The summed E-state index contributed by atoms with van der Waals surface area (Å²) in [5.74, 6) is -0.497. The average molecular weight is 285 g/mol. The summed E-state index contributed by atoms with van der Waals surface area (Å²) < 4.78 is 0. The van der Waals surface area contributed by atoms with Gasteiger partial charge in [0.15, 0.2) is 0 Å². The Kier molecular flexibility index (Phi) is 5.64. The van der Waals surface area contributed by atoms with Crippen molar-refractivity contribution < 1.29 is 9.59 Å². The Bertz CT molecular complexity index is 189. The molecule has 0 heterocycles. The molecule has 0 N–H and O–H groups in total. The van der Waals surface area contributed by atoms with Crippen molar-refractivity contribution in [3.05, 3.63) is 0 Å². The molecular formula is C6H7Br2NO2. The van der Waals surface area contributed by atoms with Crippen LogP contribution in [0.25, 0.3) is 0 Å². The molecule has 0 spiro atoms. The minimum absolute atomic E-state index is 0.00657. The SMILES string of the molecule is CCC(Br)C(Br)C(=O)N=C=O. The van der Waals surface area contributed by atoms with Gasteiger partial charge in [-0.05, 0) is 6.42 Å². The van der Waals surface area contributed by atoms with Crippen LogP contribution in [-0.2, 0) is 9.59 Å². The van der Waals surface area contributed by atoms with Crippen molar-refractivity contribution in [2.24, 2.45) is 4.99 Å². The smallest absolute Gasteiger partial charge is 0.270 e. The monoisotopic (exact) mass is 283 g/mol. The van der Waals surface area contributed by atoms with E-state index in [1.807, 2.05) is 6.92 Å². The van der Waals surface area contributed by atoms with Crippen molar-refractivity contribution in [3.63, 3.8) is 0 Å². The topological polar surface area (TPSA) is 46.5 Å². The van der Waals surface area contributed by atoms with Crippen molar-refractivity contribution in [1.29, 1.82) is 0 Å². The molecule has 0 aliphatic heterocycles. The molecule has 3 nitrogen and oxygen atoms in total. The van der Waals surface area contributed by atoms with Crippen molar-refractivity contribution >= 4 is 43.8 Å². The minimum atomic E-state index is -0.497. The molecule has 0 aliphatic carbocycles. The van der Waals surface area contributed by atoms with E-state index in [1.165, 1.54) is 6.08 Å². The van der Waals surface area contributed by atoms with Crippen molar-refractivity contribution in [2.75, 3.05) is 0 Å². The van der Waals surface area contributed by atoms with Gasteiger partial charge in [-0.3, -0.25) is 4.79 Å². The quantitative estimate of drug-likeness (QED) is 0.451. The number of carbonyl (C=O) groups excluding carboxylic acids is 2. The normalized spacial score (nSPS) is 14.8. The summed E-state index contributed by atoms with van der Waals surface area (Å²) in [6.07, 6.45) is 1.99. The van der Waals surface area contributed by atoms with Crippen LogP contribution in [0.4, 0.5) is 0 Å². The Hall–Kier alpha value is 0.01000. The fourth-order valence-corrected chi connectivity index (χ4v) is 1.17. The lowest BCUT2D eigenvalue weighted by Crippen LogP contribution is -2.21. The van der Waals surface area contributed by atoms with Gasteiger partial charge < -0.3 is 0 Å². The highest BCUT2D eigenvalue weighted by Gasteiger charge is 2.21. The predicted octanol–water partition coefficient (Wildman–Crippen LogP) is 1.79. The molecule has 0 saturated carbocycles. The molecule has 0 aromatic rings. The maximum atomic E-state index is 10.8. The molecule has 0 radical (unpaired) electrons. The van der Waals surface area contributed by atoms with Crippen LogP contribution < -0.4 is 0 Å². The molecule has 0 aliphatic rings. The highest BCUT2D eigenvalue weighted by atomic mass is 79.9. The Morgan fingerprint density at radius 1 is 1.64 bits per heavy atom.